The fourth-order valence-electron chi connectivity index (χ4n) is 4.32. The first kappa shape index (κ1) is 15.9. The number of H-pyrrole nitrogens is 1. The van der Waals surface area contributed by atoms with Crippen molar-refractivity contribution in [3.8, 4) is 0 Å². The molecule has 24 heavy (non-hydrogen) atoms. The van der Waals surface area contributed by atoms with E-state index in [1.165, 1.54) is 0 Å². The van der Waals surface area contributed by atoms with Gasteiger partial charge in [0.1, 0.15) is 5.69 Å². The molecule has 5 nitrogen and oxygen atoms in total. The van der Waals surface area contributed by atoms with Crippen molar-refractivity contribution in [2.45, 2.75) is 43.4 Å². The lowest BCUT2D eigenvalue weighted by atomic mass is 9.79. The maximum Gasteiger partial charge on any atom is 0.272 e. The lowest BCUT2D eigenvalue weighted by Gasteiger charge is -2.42. The van der Waals surface area contributed by atoms with E-state index in [9.17, 15) is 9.90 Å². The molecule has 128 valence electrons. The van der Waals surface area contributed by atoms with Crippen LogP contribution in [0.2, 0.25) is 5.02 Å². The molecule has 0 spiro atoms. The Labute approximate surface area is 145 Å². The summed E-state index contributed by atoms with van der Waals surface area (Å²) in [5.41, 5.74) is 0.935. The number of aliphatic hydroxyl groups excluding tert-OH is 1. The van der Waals surface area contributed by atoms with E-state index >= 15 is 0 Å². The summed E-state index contributed by atoms with van der Waals surface area (Å²) in [6.07, 6.45) is 2.46. The number of methoxy groups -OCH3 is 1. The first-order chi connectivity index (χ1) is 11.6. The largest absolute Gasteiger partial charge is 0.393 e. The van der Waals surface area contributed by atoms with Crippen molar-refractivity contribution in [3.63, 3.8) is 0 Å². The van der Waals surface area contributed by atoms with Crippen LogP contribution in [-0.4, -0.2) is 52.3 Å². The standard InChI is InChI=1S/C18H21ClN2O3/c1-24-18-7-6-11(22)10-14(18)21(9-8-18)17(23)16-15(19)12-4-2-3-5-13(12)20-16/h2-5,11,14,20,22H,6-10H2,1H3/t11-,14-,18+/m0/s1. The van der Waals surface area contributed by atoms with Crippen LogP contribution in [0.4, 0.5) is 0 Å². The van der Waals surface area contributed by atoms with Crippen LogP contribution in [0.25, 0.3) is 10.9 Å². The minimum absolute atomic E-state index is 0.110. The average Bonchev–Trinajstić information content (AvgIpc) is 3.13. The lowest BCUT2D eigenvalue weighted by molar-refractivity contribution is -0.0824. The van der Waals surface area contributed by atoms with Crippen LogP contribution in [0, 0.1) is 0 Å². The molecule has 3 atom stereocenters. The number of carbonyl (C=O) groups is 1. The van der Waals surface area contributed by atoms with Crippen LogP contribution in [0.15, 0.2) is 24.3 Å². The van der Waals surface area contributed by atoms with Crippen molar-refractivity contribution < 1.29 is 14.6 Å². The van der Waals surface area contributed by atoms with Crippen LogP contribution < -0.4 is 0 Å². The number of nitrogens with one attached hydrogen (secondary N) is 1. The summed E-state index contributed by atoms with van der Waals surface area (Å²) in [6.45, 7) is 0.621. The predicted octanol–water partition coefficient (Wildman–Crippen LogP) is 2.97. The van der Waals surface area contributed by atoms with Gasteiger partial charge >= 0.3 is 0 Å². The quantitative estimate of drug-likeness (QED) is 0.877. The number of aromatic nitrogens is 1. The molecule has 1 aliphatic carbocycles. The normalized spacial score (nSPS) is 29.9. The van der Waals surface area contributed by atoms with Crippen molar-refractivity contribution >= 4 is 28.4 Å². The Kier molecular flexibility index (Phi) is 3.82. The molecule has 0 radical (unpaired) electrons. The Hall–Kier alpha value is -1.56. The van der Waals surface area contributed by atoms with Gasteiger partial charge in [0, 0.05) is 24.6 Å². The van der Waals surface area contributed by atoms with Gasteiger partial charge in [-0.15, -0.1) is 0 Å². The number of hydrogen-bond acceptors (Lipinski definition) is 3. The molecule has 2 aliphatic rings. The second kappa shape index (κ2) is 5.76. The highest BCUT2D eigenvalue weighted by atomic mass is 35.5. The molecule has 0 bridgehead atoms. The van der Waals surface area contributed by atoms with Gasteiger partial charge in [0.25, 0.3) is 5.91 Å². The molecule has 1 aromatic heterocycles. The average molecular weight is 349 g/mol. The second-order valence-corrected chi connectivity index (χ2v) is 7.20. The Bertz CT molecular complexity index is 790. The van der Waals surface area contributed by atoms with E-state index in [2.05, 4.69) is 4.98 Å². The smallest absolute Gasteiger partial charge is 0.272 e. The maximum atomic E-state index is 13.1. The van der Waals surface area contributed by atoms with E-state index in [0.29, 0.717) is 23.7 Å². The zero-order valence-electron chi connectivity index (χ0n) is 13.6. The highest BCUT2D eigenvalue weighted by molar-refractivity contribution is 6.38. The number of benzene rings is 1. The van der Waals surface area contributed by atoms with Gasteiger partial charge in [-0.1, -0.05) is 29.8 Å². The number of ether oxygens (including phenoxy) is 1. The first-order valence-corrected chi connectivity index (χ1v) is 8.74. The molecule has 1 amide bonds. The topological polar surface area (TPSA) is 65.6 Å². The van der Waals surface area contributed by atoms with Gasteiger partial charge in [-0.25, -0.2) is 0 Å². The van der Waals surface area contributed by atoms with Gasteiger partial charge < -0.3 is 19.7 Å². The van der Waals surface area contributed by atoms with Crippen LogP contribution in [0.3, 0.4) is 0 Å². The Morgan fingerprint density at radius 2 is 2.21 bits per heavy atom. The summed E-state index contributed by atoms with van der Waals surface area (Å²) in [4.78, 5) is 18.1. The summed E-state index contributed by atoms with van der Waals surface area (Å²) in [7, 11) is 1.70. The van der Waals surface area contributed by atoms with E-state index in [1.54, 1.807) is 7.11 Å². The molecule has 1 saturated heterocycles. The SMILES string of the molecule is CO[C@@]12CC[C@H](O)C[C@@H]1N(C(=O)c1[nH]c3ccccc3c1Cl)CC2. The van der Waals surface area contributed by atoms with Crippen LogP contribution in [0.5, 0.6) is 0 Å². The zero-order chi connectivity index (χ0) is 16.9. The molecular formula is C18H21ClN2O3. The molecular weight excluding hydrogens is 328 g/mol. The first-order valence-electron chi connectivity index (χ1n) is 8.36. The Balaban J connectivity index is 1.70. The van der Waals surface area contributed by atoms with Crippen LogP contribution in [-0.2, 0) is 4.74 Å². The summed E-state index contributed by atoms with van der Waals surface area (Å²) >= 11 is 6.44. The molecule has 2 N–H and O–H groups in total. The molecule has 2 heterocycles. The number of nitrogens with zero attached hydrogens (tertiary/aromatic N) is 1. The number of carbonyl (C=O) groups excluding carboxylic acids is 1. The van der Waals surface area contributed by atoms with Crippen LogP contribution >= 0.6 is 11.6 Å². The lowest BCUT2D eigenvalue weighted by Crippen LogP contribution is -2.52. The number of fused-ring (bicyclic) bond motifs is 2. The number of halogens is 1. The number of amides is 1. The van der Waals surface area contributed by atoms with Gasteiger partial charge in [-0.05, 0) is 31.7 Å². The fourth-order valence-corrected chi connectivity index (χ4v) is 4.61. The fraction of sp³-hybridized carbons (Fsp3) is 0.500. The monoisotopic (exact) mass is 348 g/mol. The molecule has 2 fully saturated rings. The summed E-state index contributed by atoms with van der Waals surface area (Å²) in [5, 5.41) is 11.4. The van der Waals surface area contributed by atoms with Gasteiger partial charge in [-0.2, -0.15) is 0 Å². The number of likely N-dealkylation sites (tertiary alicyclic amines) is 1. The maximum absolute atomic E-state index is 13.1. The molecule has 0 unspecified atom stereocenters. The Morgan fingerprint density at radius 3 is 2.96 bits per heavy atom. The van der Waals surface area contributed by atoms with Gasteiger partial charge in [0.05, 0.1) is 22.8 Å². The third kappa shape index (κ3) is 2.26. The molecule has 1 saturated carbocycles. The number of para-hydroxylation sites is 1. The molecule has 6 heteroatoms. The molecule has 1 aliphatic heterocycles. The minimum atomic E-state index is -0.384. The predicted molar refractivity (Wildman–Crippen MR) is 92.3 cm³/mol. The number of aliphatic hydroxyl groups is 1. The van der Waals surface area contributed by atoms with Crippen molar-refractivity contribution in [2.24, 2.45) is 0 Å². The molecule has 1 aromatic carbocycles. The third-order valence-corrected chi connectivity index (χ3v) is 6.07. The zero-order valence-corrected chi connectivity index (χ0v) is 14.3. The van der Waals surface area contributed by atoms with E-state index in [1.807, 2.05) is 29.2 Å². The van der Waals surface area contributed by atoms with E-state index < -0.39 is 0 Å². The van der Waals surface area contributed by atoms with E-state index in [0.717, 1.165) is 30.2 Å². The highest BCUT2D eigenvalue weighted by Crippen LogP contribution is 2.43. The second-order valence-electron chi connectivity index (χ2n) is 6.82. The van der Waals surface area contributed by atoms with Crippen molar-refractivity contribution in [2.75, 3.05) is 13.7 Å². The third-order valence-electron chi connectivity index (χ3n) is 5.68. The molecule has 2 aromatic rings. The summed E-state index contributed by atoms with van der Waals surface area (Å²) < 4.78 is 5.81. The minimum Gasteiger partial charge on any atom is -0.393 e. The van der Waals surface area contributed by atoms with Gasteiger partial charge in [0.2, 0.25) is 0 Å². The van der Waals surface area contributed by atoms with Crippen molar-refractivity contribution in [1.29, 1.82) is 0 Å². The van der Waals surface area contributed by atoms with E-state index in [4.69, 9.17) is 16.3 Å². The number of aromatic amines is 1. The summed E-state index contributed by atoms with van der Waals surface area (Å²) in [5.74, 6) is -0.116. The van der Waals surface area contributed by atoms with Crippen molar-refractivity contribution in [1.82, 2.24) is 9.88 Å². The number of rotatable bonds is 2. The molecule has 4 rings (SSSR count). The van der Waals surface area contributed by atoms with Gasteiger partial charge in [-0.3, -0.25) is 4.79 Å². The van der Waals surface area contributed by atoms with Crippen LogP contribution in [0.1, 0.15) is 36.2 Å². The van der Waals surface area contributed by atoms with E-state index in [-0.39, 0.29) is 23.7 Å². The van der Waals surface area contributed by atoms with Gasteiger partial charge in [0.15, 0.2) is 0 Å². The highest BCUT2D eigenvalue weighted by Gasteiger charge is 2.52. The Morgan fingerprint density at radius 1 is 1.42 bits per heavy atom. The number of hydrogen-bond donors (Lipinski definition) is 2. The van der Waals surface area contributed by atoms with Crippen molar-refractivity contribution in [3.05, 3.63) is 35.0 Å². The summed E-state index contributed by atoms with van der Waals surface area (Å²) in [6, 6.07) is 7.51.